The van der Waals surface area contributed by atoms with E-state index < -0.39 is 6.09 Å². The summed E-state index contributed by atoms with van der Waals surface area (Å²) in [7, 11) is 0. The van der Waals surface area contributed by atoms with E-state index in [2.05, 4.69) is 24.0 Å². The maximum Gasteiger partial charge on any atom is 0.420 e. The van der Waals surface area contributed by atoms with Gasteiger partial charge in [0, 0.05) is 17.3 Å². The fourth-order valence-corrected chi connectivity index (χ4v) is 2.85. The van der Waals surface area contributed by atoms with Crippen molar-refractivity contribution in [1.82, 2.24) is 9.55 Å². The molecular weight excluding hydrogens is 324 g/mol. The number of hydrogen-bond acceptors (Lipinski definition) is 3. The number of carbonyl (C=O) groups is 1. The Morgan fingerprint density at radius 2 is 1.73 bits per heavy atom. The number of ether oxygens (including phenoxy) is 1. The molecule has 0 aliphatic carbocycles. The van der Waals surface area contributed by atoms with Crippen molar-refractivity contribution in [3.8, 4) is 22.6 Å². The quantitative estimate of drug-likeness (QED) is 0.517. The summed E-state index contributed by atoms with van der Waals surface area (Å²) < 4.78 is 6.89. The van der Waals surface area contributed by atoms with Crippen molar-refractivity contribution in [3.63, 3.8) is 0 Å². The number of hydrogen-bond donors (Lipinski definition) is 0. The lowest BCUT2D eigenvalue weighted by Gasteiger charge is -2.10. The maximum atomic E-state index is 12.5. The lowest BCUT2D eigenvalue weighted by Crippen LogP contribution is -2.16. The van der Waals surface area contributed by atoms with Crippen LogP contribution >= 0.6 is 0 Å². The van der Waals surface area contributed by atoms with Gasteiger partial charge in [-0.25, -0.2) is 14.3 Å². The first-order chi connectivity index (χ1) is 12.7. The second kappa shape index (κ2) is 6.84. The molecule has 0 amide bonds. The van der Waals surface area contributed by atoms with Gasteiger partial charge in [-0.2, -0.15) is 0 Å². The SMILES string of the molecule is Cc1ccc(-c2cc3cccn(C(=O)OCc4ccccc4)c-3n2)cc1. The van der Waals surface area contributed by atoms with Crippen LogP contribution in [0.5, 0.6) is 0 Å². The van der Waals surface area contributed by atoms with Gasteiger partial charge in [0.2, 0.25) is 0 Å². The van der Waals surface area contributed by atoms with Crippen molar-refractivity contribution in [3.05, 3.63) is 90.1 Å². The molecule has 2 aromatic carbocycles. The highest BCUT2D eigenvalue weighted by Gasteiger charge is 2.17. The van der Waals surface area contributed by atoms with E-state index in [9.17, 15) is 4.79 Å². The van der Waals surface area contributed by atoms with E-state index in [1.54, 1.807) is 6.20 Å². The van der Waals surface area contributed by atoms with E-state index in [1.165, 1.54) is 10.1 Å². The molecule has 0 radical (unpaired) electrons. The maximum absolute atomic E-state index is 12.5. The third-order valence-corrected chi connectivity index (χ3v) is 4.27. The number of nitrogens with zero attached hydrogens (tertiary/aromatic N) is 2. The topological polar surface area (TPSA) is 44.1 Å². The van der Waals surface area contributed by atoms with Gasteiger partial charge < -0.3 is 4.74 Å². The van der Waals surface area contributed by atoms with Crippen LogP contribution in [0.4, 0.5) is 4.79 Å². The van der Waals surface area contributed by atoms with Gasteiger partial charge in [-0.1, -0.05) is 60.2 Å². The van der Waals surface area contributed by atoms with E-state index in [1.807, 2.05) is 60.7 Å². The van der Waals surface area contributed by atoms with Gasteiger partial charge in [-0.05, 0) is 30.7 Å². The predicted octanol–water partition coefficient (Wildman–Crippen LogP) is 5.15. The molecule has 2 aliphatic heterocycles. The van der Waals surface area contributed by atoms with Gasteiger partial charge in [0.1, 0.15) is 12.4 Å². The summed E-state index contributed by atoms with van der Waals surface area (Å²) in [6.45, 7) is 2.28. The lowest BCUT2D eigenvalue weighted by molar-refractivity contribution is 0.141. The van der Waals surface area contributed by atoms with Crippen molar-refractivity contribution in [1.29, 1.82) is 0 Å². The second-order valence-corrected chi connectivity index (χ2v) is 6.20. The number of pyridine rings is 1. The van der Waals surface area contributed by atoms with E-state index in [0.29, 0.717) is 5.82 Å². The molecular formula is C22H18N2O2. The van der Waals surface area contributed by atoms with Crippen LogP contribution in [0.1, 0.15) is 11.1 Å². The molecule has 0 unspecified atom stereocenters. The van der Waals surface area contributed by atoms with E-state index in [0.717, 1.165) is 22.4 Å². The molecule has 26 heavy (non-hydrogen) atoms. The fourth-order valence-electron chi connectivity index (χ4n) is 2.85. The van der Waals surface area contributed by atoms with E-state index >= 15 is 0 Å². The molecule has 4 heteroatoms. The predicted molar refractivity (Wildman–Crippen MR) is 101 cm³/mol. The van der Waals surface area contributed by atoms with Crippen molar-refractivity contribution in [2.24, 2.45) is 0 Å². The number of aryl methyl sites for hydroxylation is 1. The Balaban J connectivity index is 1.61. The molecule has 0 atom stereocenters. The number of rotatable bonds is 3. The fraction of sp³-hybridized carbons (Fsp3) is 0.0909. The molecule has 2 heterocycles. The van der Waals surface area contributed by atoms with Gasteiger partial charge >= 0.3 is 6.09 Å². The summed E-state index contributed by atoms with van der Waals surface area (Å²) in [5.41, 5.74) is 4.92. The van der Waals surface area contributed by atoms with Crippen LogP contribution in [0, 0.1) is 6.92 Å². The average molecular weight is 342 g/mol. The molecule has 0 aromatic heterocycles. The summed E-state index contributed by atoms with van der Waals surface area (Å²) in [5, 5.41) is 0. The first-order valence-electron chi connectivity index (χ1n) is 8.47. The highest BCUT2D eigenvalue weighted by atomic mass is 16.5. The molecule has 2 aromatic rings. The average Bonchev–Trinajstić information content (AvgIpc) is 3.11. The van der Waals surface area contributed by atoms with Gasteiger partial charge in [-0.15, -0.1) is 0 Å². The lowest BCUT2D eigenvalue weighted by atomic mass is 10.1. The molecule has 4 rings (SSSR count). The van der Waals surface area contributed by atoms with Gasteiger partial charge in [0.15, 0.2) is 0 Å². The molecule has 4 nitrogen and oxygen atoms in total. The molecule has 0 saturated heterocycles. The van der Waals surface area contributed by atoms with Crippen LogP contribution < -0.4 is 0 Å². The van der Waals surface area contributed by atoms with E-state index in [-0.39, 0.29) is 6.61 Å². The summed E-state index contributed by atoms with van der Waals surface area (Å²) in [6, 6.07) is 23.6. The Bertz CT molecular complexity index is 1000. The monoisotopic (exact) mass is 342 g/mol. The Kier molecular flexibility index (Phi) is 4.23. The Labute approximate surface area is 152 Å². The molecule has 0 bridgehead atoms. The molecule has 0 fully saturated rings. The Hall–Kier alpha value is -3.40. The highest BCUT2D eigenvalue weighted by molar-refractivity contribution is 5.80. The largest absolute Gasteiger partial charge is 0.444 e. The molecule has 128 valence electrons. The van der Waals surface area contributed by atoms with Gasteiger partial charge in [-0.3, -0.25) is 0 Å². The Morgan fingerprint density at radius 3 is 2.50 bits per heavy atom. The summed E-state index contributed by atoms with van der Waals surface area (Å²) >= 11 is 0. The van der Waals surface area contributed by atoms with Crippen molar-refractivity contribution in [2.75, 3.05) is 0 Å². The molecule has 0 saturated carbocycles. The minimum Gasteiger partial charge on any atom is -0.444 e. The van der Waals surface area contributed by atoms with Crippen LogP contribution in [0.25, 0.3) is 22.6 Å². The third-order valence-electron chi connectivity index (χ3n) is 4.27. The van der Waals surface area contributed by atoms with Crippen molar-refractivity contribution < 1.29 is 9.53 Å². The summed E-state index contributed by atoms with van der Waals surface area (Å²) in [5.74, 6) is 0.598. The van der Waals surface area contributed by atoms with Crippen LogP contribution in [-0.2, 0) is 11.3 Å². The van der Waals surface area contributed by atoms with Gasteiger partial charge in [0.25, 0.3) is 0 Å². The second-order valence-electron chi connectivity index (χ2n) is 6.20. The van der Waals surface area contributed by atoms with Gasteiger partial charge in [0.05, 0.1) is 5.69 Å². The number of carbonyl (C=O) groups excluding carboxylic acids is 1. The smallest absolute Gasteiger partial charge is 0.420 e. The first kappa shape index (κ1) is 16.1. The highest BCUT2D eigenvalue weighted by Crippen LogP contribution is 2.29. The zero-order valence-corrected chi connectivity index (χ0v) is 14.4. The van der Waals surface area contributed by atoms with Crippen molar-refractivity contribution >= 4 is 6.09 Å². The van der Waals surface area contributed by atoms with Crippen molar-refractivity contribution in [2.45, 2.75) is 13.5 Å². The van der Waals surface area contributed by atoms with Crippen LogP contribution in [0.15, 0.2) is 79.0 Å². The zero-order chi connectivity index (χ0) is 17.9. The minimum atomic E-state index is -0.437. The molecule has 0 N–H and O–H groups in total. The minimum absolute atomic E-state index is 0.231. The zero-order valence-electron chi connectivity index (χ0n) is 14.4. The standard InChI is InChI=1S/C22H18N2O2/c1-16-9-11-18(12-10-16)20-14-19-8-5-13-24(21(19)23-20)22(25)26-15-17-6-3-2-4-7-17/h2-14H,15H2,1H3. The molecule has 0 spiro atoms. The third kappa shape index (κ3) is 3.22. The number of aromatic nitrogens is 2. The van der Waals surface area contributed by atoms with Crippen LogP contribution in [0.2, 0.25) is 0 Å². The van der Waals surface area contributed by atoms with Crippen LogP contribution in [-0.4, -0.2) is 15.6 Å². The summed E-state index contributed by atoms with van der Waals surface area (Å²) in [4.78, 5) is 17.2. The van der Waals surface area contributed by atoms with E-state index in [4.69, 9.17) is 4.74 Å². The number of fused-ring (bicyclic) bond motifs is 1. The Morgan fingerprint density at radius 1 is 0.962 bits per heavy atom. The number of benzene rings is 2. The summed E-state index contributed by atoms with van der Waals surface area (Å²) in [6.07, 6.45) is 1.25. The van der Waals surface area contributed by atoms with Crippen LogP contribution in [0.3, 0.4) is 0 Å². The molecule has 2 aliphatic rings. The first-order valence-corrected chi connectivity index (χ1v) is 8.47. The normalized spacial score (nSPS) is 10.8.